The summed E-state index contributed by atoms with van der Waals surface area (Å²) in [4.78, 5) is 23.2. The number of nitro groups is 1. The Balaban J connectivity index is 1.84. The number of benzene rings is 3. The van der Waals surface area contributed by atoms with Gasteiger partial charge in [0, 0.05) is 18.7 Å². The highest BCUT2D eigenvalue weighted by atomic mass is 32.2. The van der Waals surface area contributed by atoms with Gasteiger partial charge in [-0.05, 0) is 62.1 Å². The summed E-state index contributed by atoms with van der Waals surface area (Å²) in [5.41, 5.74) is 6.78. The lowest BCUT2D eigenvalue weighted by Crippen LogP contribution is -2.39. The summed E-state index contributed by atoms with van der Waals surface area (Å²) in [6.45, 7) is 6.89. The standard InChI is InChI=1S/C26H28N4O5S/c1-18-5-7-23(8-6-18)16-29(36(34,35)26-20(3)13-19(2)14-21(26)4)17-25(31)28-27-15-22-9-11-24(12-10-22)30(32)33/h5-15H,16-17H2,1-4H3,(H,28,31)/b27-15+. The van der Waals surface area contributed by atoms with E-state index < -0.39 is 27.4 Å². The summed E-state index contributed by atoms with van der Waals surface area (Å²) in [5, 5.41) is 14.6. The Hall–Kier alpha value is -3.89. The first kappa shape index (κ1) is 26.7. The third-order valence-corrected chi connectivity index (χ3v) is 7.61. The molecule has 0 bridgehead atoms. The van der Waals surface area contributed by atoms with E-state index >= 15 is 0 Å². The molecule has 0 aliphatic heterocycles. The van der Waals surface area contributed by atoms with Gasteiger partial charge in [-0.1, -0.05) is 47.5 Å². The lowest BCUT2D eigenvalue weighted by Gasteiger charge is -2.24. The highest BCUT2D eigenvalue weighted by Gasteiger charge is 2.30. The van der Waals surface area contributed by atoms with Crippen molar-refractivity contribution in [2.75, 3.05) is 6.54 Å². The molecule has 0 atom stereocenters. The third-order valence-electron chi connectivity index (χ3n) is 5.51. The van der Waals surface area contributed by atoms with Gasteiger partial charge in [-0.3, -0.25) is 14.9 Å². The monoisotopic (exact) mass is 508 g/mol. The number of nitrogens with one attached hydrogen (secondary N) is 1. The quantitative estimate of drug-likeness (QED) is 0.264. The van der Waals surface area contributed by atoms with Gasteiger partial charge < -0.3 is 0 Å². The number of hydrazone groups is 1. The molecule has 0 aliphatic rings. The van der Waals surface area contributed by atoms with E-state index in [0.717, 1.165) is 21.0 Å². The zero-order chi connectivity index (χ0) is 26.5. The first-order valence-corrected chi connectivity index (χ1v) is 12.6. The van der Waals surface area contributed by atoms with Crippen LogP contribution in [0.5, 0.6) is 0 Å². The molecule has 0 fully saturated rings. The second kappa shape index (κ2) is 11.2. The van der Waals surface area contributed by atoms with Gasteiger partial charge >= 0.3 is 0 Å². The molecule has 3 rings (SSSR count). The summed E-state index contributed by atoms with van der Waals surface area (Å²) in [6.07, 6.45) is 1.33. The molecular weight excluding hydrogens is 480 g/mol. The van der Waals surface area contributed by atoms with Crippen LogP contribution in [0, 0.1) is 37.8 Å². The Bertz CT molecular complexity index is 1380. The molecule has 0 saturated heterocycles. The number of nitrogens with zero attached hydrogens (tertiary/aromatic N) is 3. The van der Waals surface area contributed by atoms with Crippen molar-refractivity contribution in [1.29, 1.82) is 0 Å². The lowest BCUT2D eigenvalue weighted by atomic mass is 10.1. The molecule has 0 saturated carbocycles. The average molecular weight is 509 g/mol. The van der Waals surface area contributed by atoms with Crippen molar-refractivity contribution in [3.8, 4) is 0 Å². The smallest absolute Gasteiger partial charge is 0.269 e. The Morgan fingerprint density at radius 3 is 2.11 bits per heavy atom. The molecule has 3 aromatic carbocycles. The van der Waals surface area contributed by atoms with Crippen molar-refractivity contribution in [2.24, 2.45) is 5.10 Å². The summed E-state index contributed by atoms with van der Waals surface area (Å²) < 4.78 is 28.6. The second-order valence-electron chi connectivity index (χ2n) is 8.63. The van der Waals surface area contributed by atoms with Crippen LogP contribution in [0.3, 0.4) is 0 Å². The zero-order valence-electron chi connectivity index (χ0n) is 20.6. The SMILES string of the molecule is Cc1ccc(CN(CC(=O)N/N=C/c2ccc([N+](=O)[O-])cc2)S(=O)(=O)c2c(C)cc(C)cc2C)cc1. The van der Waals surface area contributed by atoms with Crippen LogP contribution in [0.15, 0.2) is 70.7 Å². The molecular formula is C26H28N4O5S. The van der Waals surface area contributed by atoms with E-state index in [1.807, 2.05) is 38.1 Å². The van der Waals surface area contributed by atoms with Gasteiger partial charge in [-0.15, -0.1) is 0 Å². The van der Waals surface area contributed by atoms with Crippen LogP contribution < -0.4 is 5.43 Å². The predicted octanol–water partition coefficient (Wildman–Crippen LogP) is 4.17. The maximum absolute atomic E-state index is 13.7. The van der Waals surface area contributed by atoms with E-state index in [9.17, 15) is 23.3 Å². The minimum absolute atomic E-state index is 0.00879. The van der Waals surface area contributed by atoms with Gasteiger partial charge in [0.15, 0.2) is 0 Å². The van der Waals surface area contributed by atoms with E-state index in [0.29, 0.717) is 16.7 Å². The maximum Gasteiger partial charge on any atom is 0.269 e. The molecule has 0 radical (unpaired) electrons. The molecule has 0 aliphatic carbocycles. The molecule has 3 aromatic rings. The number of carbonyl (C=O) groups excluding carboxylic acids is 1. The van der Waals surface area contributed by atoms with Crippen molar-refractivity contribution >= 4 is 27.8 Å². The topological polar surface area (TPSA) is 122 Å². The molecule has 9 nitrogen and oxygen atoms in total. The second-order valence-corrected chi connectivity index (χ2v) is 10.5. The van der Waals surface area contributed by atoms with Crippen molar-refractivity contribution in [1.82, 2.24) is 9.73 Å². The van der Waals surface area contributed by atoms with Crippen LogP contribution in [-0.2, 0) is 21.4 Å². The van der Waals surface area contributed by atoms with Gasteiger partial charge in [0.1, 0.15) is 0 Å². The molecule has 1 amide bonds. The molecule has 0 spiro atoms. The molecule has 188 valence electrons. The molecule has 0 aromatic heterocycles. The van der Waals surface area contributed by atoms with Crippen LogP contribution in [0.2, 0.25) is 0 Å². The van der Waals surface area contributed by atoms with Crippen molar-refractivity contribution < 1.29 is 18.1 Å². The fourth-order valence-corrected chi connectivity index (χ4v) is 5.68. The van der Waals surface area contributed by atoms with E-state index in [1.54, 1.807) is 26.0 Å². The number of amides is 1. The highest BCUT2D eigenvalue weighted by molar-refractivity contribution is 7.89. The number of non-ortho nitro benzene ring substituents is 1. The first-order chi connectivity index (χ1) is 17.0. The van der Waals surface area contributed by atoms with Gasteiger partial charge in [-0.25, -0.2) is 13.8 Å². The van der Waals surface area contributed by atoms with Crippen LogP contribution in [0.4, 0.5) is 5.69 Å². The molecule has 36 heavy (non-hydrogen) atoms. The summed E-state index contributed by atoms with van der Waals surface area (Å²) in [6, 6.07) is 16.7. The molecule has 10 heteroatoms. The van der Waals surface area contributed by atoms with Gasteiger partial charge in [0.2, 0.25) is 10.0 Å². The molecule has 0 unspecified atom stereocenters. The fraction of sp³-hybridized carbons (Fsp3) is 0.231. The number of aryl methyl sites for hydroxylation is 4. The highest BCUT2D eigenvalue weighted by Crippen LogP contribution is 2.26. The van der Waals surface area contributed by atoms with Crippen molar-refractivity contribution in [3.05, 3.63) is 104 Å². The van der Waals surface area contributed by atoms with Crippen LogP contribution in [0.25, 0.3) is 0 Å². The Morgan fingerprint density at radius 2 is 1.56 bits per heavy atom. The first-order valence-electron chi connectivity index (χ1n) is 11.2. The third kappa shape index (κ3) is 6.61. The van der Waals surface area contributed by atoms with Crippen molar-refractivity contribution in [3.63, 3.8) is 0 Å². The van der Waals surface area contributed by atoms with Crippen molar-refractivity contribution in [2.45, 2.75) is 39.1 Å². The number of carbonyl (C=O) groups is 1. The number of nitro benzene ring substituents is 1. The molecule has 0 heterocycles. The number of hydrogen-bond acceptors (Lipinski definition) is 6. The normalized spacial score (nSPS) is 11.7. The zero-order valence-corrected chi connectivity index (χ0v) is 21.4. The Labute approximate surface area is 210 Å². The van der Waals surface area contributed by atoms with Crippen LogP contribution in [0.1, 0.15) is 33.4 Å². The number of hydrogen-bond donors (Lipinski definition) is 1. The number of rotatable bonds is 9. The summed E-state index contributed by atoms with van der Waals surface area (Å²) in [7, 11) is -4.02. The van der Waals surface area contributed by atoms with Crippen LogP contribution in [-0.4, -0.2) is 36.3 Å². The van der Waals surface area contributed by atoms with Gasteiger partial charge in [-0.2, -0.15) is 9.41 Å². The Morgan fingerprint density at radius 1 is 0.972 bits per heavy atom. The summed E-state index contributed by atoms with van der Waals surface area (Å²) >= 11 is 0. The molecule has 1 N–H and O–H groups in total. The number of sulfonamides is 1. The predicted molar refractivity (Wildman–Crippen MR) is 138 cm³/mol. The average Bonchev–Trinajstić information content (AvgIpc) is 2.79. The van der Waals surface area contributed by atoms with E-state index in [1.165, 1.54) is 30.5 Å². The lowest BCUT2D eigenvalue weighted by molar-refractivity contribution is -0.384. The largest absolute Gasteiger partial charge is 0.272 e. The van der Waals surface area contributed by atoms with E-state index in [4.69, 9.17) is 0 Å². The summed E-state index contributed by atoms with van der Waals surface area (Å²) in [5.74, 6) is -0.619. The van der Waals surface area contributed by atoms with Gasteiger partial charge in [0.05, 0.1) is 22.6 Å². The minimum Gasteiger partial charge on any atom is -0.272 e. The maximum atomic E-state index is 13.7. The fourth-order valence-electron chi connectivity index (χ4n) is 3.88. The Kier molecular flexibility index (Phi) is 8.33. The van der Waals surface area contributed by atoms with E-state index in [2.05, 4.69) is 10.5 Å². The van der Waals surface area contributed by atoms with Gasteiger partial charge in [0.25, 0.3) is 11.6 Å². The minimum atomic E-state index is -4.02. The van der Waals surface area contributed by atoms with E-state index in [-0.39, 0.29) is 17.1 Å². The van der Waals surface area contributed by atoms with Crippen LogP contribution >= 0.6 is 0 Å².